The topological polar surface area (TPSA) is 21.3 Å². The van der Waals surface area contributed by atoms with Crippen LogP contribution in [0.15, 0.2) is 18.2 Å². The molecule has 0 aromatic heterocycles. The molecule has 1 aliphatic heterocycles. The summed E-state index contributed by atoms with van der Waals surface area (Å²) in [6.45, 7) is 1.12. The zero-order valence-corrected chi connectivity index (χ0v) is 9.63. The maximum atomic E-state index is 13.1. The molecule has 1 atom stereocenters. The lowest BCUT2D eigenvalue weighted by Crippen LogP contribution is -2.21. The smallest absolute Gasteiger partial charge is 0.123 e. The minimum absolute atomic E-state index is 0.185. The molecule has 2 rings (SSSR count). The van der Waals surface area contributed by atoms with Gasteiger partial charge in [-0.2, -0.15) is 0 Å². The van der Waals surface area contributed by atoms with Gasteiger partial charge >= 0.3 is 0 Å². The second-order valence-electron chi connectivity index (χ2n) is 4.29. The predicted molar refractivity (Wildman–Crippen MR) is 62.3 cm³/mol. The van der Waals surface area contributed by atoms with Crippen molar-refractivity contribution in [3.05, 3.63) is 29.6 Å². The fraction of sp³-hybridized carbons (Fsp3) is 0.538. The monoisotopic (exact) mass is 223 g/mol. The van der Waals surface area contributed by atoms with E-state index in [1.54, 1.807) is 19.2 Å². The molecule has 1 saturated heterocycles. The largest absolute Gasteiger partial charge is 0.496 e. The summed E-state index contributed by atoms with van der Waals surface area (Å²) in [5.74, 6) is 0.606. The Kier molecular flexibility index (Phi) is 3.78. The van der Waals surface area contributed by atoms with E-state index in [1.165, 1.54) is 18.9 Å². The molecule has 0 aliphatic carbocycles. The molecule has 1 aromatic carbocycles. The third-order valence-electron chi connectivity index (χ3n) is 3.17. The Labute approximate surface area is 95.8 Å². The highest BCUT2D eigenvalue weighted by Gasteiger charge is 2.14. The van der Waals surface area contributed by atoms with Gasteiger partial charge in [-0.05, 0) is 56.0 Å². The Bertz CT molecular complexity index is 348. The first-order valence-electron chi connectivity index (χ1n) is 5.85. The summed E-state index contributed by atoms with van der Waals surface area (Å²) in [7, 11) is 1.63. The molecule has 1 fully saturated rings. The van der Waals surface area contributed by atoms with Crippen LogP contribution in [-0.4, -0.2) is 19.7 Å². The van der Waals surface area contributed by atoms with E-state index >= 15 is 0 Å². The lowest BCUT2D eigenvalue weighted by Gasteiger charge is -2.12. The molecule has 1 heterocycles. The summed E-state index contributed by atoms with van der Waals surface area (Å²) < 4.78 is 18.3. The molecule has 2 nitrogen and oxygen atoms in total. The van der Waals surface area contributed by atoms with Crippen molar-refractivity contribution in [2.24, 2.45) is 0 Å². The van der Waals surface area contributed by atoms with Crippen LogP contribution in [0.3, 0.4) is 0 Å². The number of hydrogen-bond acceptors (Lipinski definition) is 2. The van der Waals surface area contributed by atoms with E-state index in [1.807, 2.05) is 0 Å². The number of ether oxygens (including phenoxy) is 1. The van der Waals surface area contributed by atoms with Crippen LogP contribution in [0.2, 0.25) is 0 Å². The predicted octanol–water partition coefficient (Wildman–Crippen LogP) is 2.52. The van der Waals surface area contributed by atoms with Crippen LogP contribution in [0.1, 0.15) is 24.8 Å². The highest BCUT2D eigenvalue weighted by atomic mass is 19.1. The molecular formula is C13H18FNO. The van der Waals surface area contributed by atoms with E-state index in [2.05, 4.69) is 5.32 Å². The molecular weight excluding hydrogens is 205 g/mol. The average molecular weight is 223 g/mol. The highest BCUT2D eigenvalue weighted by Crippen LogP contribution is 2.22. The van der Waals surface area contributed by atoms with Crippen molar-refractivity contribution in [2.75, 3.05) is 13.7 Å². The standard InChI is InChI=1S/C13H18FNO/c1-16-13-7-5-11(14)9-10(13)4-6-12-3-2-8-15-12/h5,7,9,12,15H,2-4,6,8H2,1H3. The number of rotatable bonds is 4. The van der Waals surface area contributed by atoms with Crippen molar-refractivity contribution in [1.82, 2.24) is 5.32 Å². The van der Waals surface area contributed by atoms with Crippen LogP contribution in [0.5, 0.6) is 5.75 Å². The van der Waals surface area contributed by atoms with E-state index in [0.29, 0.717) is 6.04 Å². The van der Waals surface area contributed by atoms with E-state index in [9.17, 15) is 4.39 Å². The van der Waals surface area contributed by atoms with Gasteiger partial charge < -0.3 is 10.1 Å². The molecule has 0 radical (unpaired) electrons. The van der Waals surface area contributed by atoms with Gasteiger partial charge in [0.1, 0.15) is 11.6 Å². The first-order chi connectivity index (χ1) is 7.79. The molecule has 1 unspecified atom stereocenters. The Morgan fingerprint density at radius 3 is 3.06 bits per heavy atom. The minimum Gasteiger partial charge on any atom is -0.496 e. The zero-order chi connectivity index (χ0) is 11.4. The number of benzene rings is 1. The quantitative estimate of drug-likeness (QED) is 0.847. The van der Waals surface area contributed by atoms with E-state index < -0.39 is 0 Å². The van der Waals surface area contributed by atoms with Gasteiger partial charge in [-0.3, -0.25) is 0 Å². The van der Waals surface area contributed by atoms with Gasteiger partial charge in [-0.1, -0.05) is 0 Å². The summed E-state index contributed by atoms with van der Waals surface area (Å²) in [6, 6.07) is 5.31. The van der Waals surface area contributed by atoms with Crippen molar-refractivity contribution in [1.29, 1.82) is 0 Å². The number of halogens is 1. The molecule has 0 amide bonds. The summed E-state index contributed by atoms with van der Waals surface area (Å²) >= 11 is 0. The third-order valence-corrected chi connectivity index (χ3v) is 3.17. The summed E-state index contributed by atoms with van der Waals surface area (Å²) in [6.07, 6.45) is 4.42. The summed E-state index contributed by atoms with van der Waals surface area (Å²) in [5.41, 5.74) is 0.969. The Hall–Kier alpha value is -1.09. The van der Waals surface area contributed by atoms with E-state index in [0.717, 1.165) is 30.7 Å². The van der Waals surface area contributed by atoms with Crippen molar-refractivity contribution in [3.63, 3.8) is 0 Å². The lowest BCUT2D eigenvalue weighted by atomic mass is 10.0. The first-order valence-corrected chi connectivity index (χ1v) is 5.85. The van der Waals surface area contributed by atoms with Crippen molar-refractivity contribution in [3.8, 4) is 5.75 Å². The Morgan fingerprint density at radius 1 is 1.50 bits per heavy atom. The van der Waals surface area contributed by atoms with Crippen molar-refractivity contribution >= 4 is 0 Å². The maximum absolute atomic E-state index is 13.1. The van der Waals surface area contributed by atoms with Crippen molar-refractivity contribution < 1.29 is 9.13 Å². The average Bonchev–Trinajstić information content (AvgIpc) is 2.79. The normalized spacial score (nSPS) is 20.0. The molecule has 3 heteroatoms. The molecule has 0 saturated carbocycles. The minimum atomic E-state index is -0.185. The second-order valence-corrected chi connectivity index (χ2v) is 4.29. The number of hydrogen-bond donors (Lipinski definition) is 1. The second kappa shape index (κ2) is 5.30. The van der Waals surface area contributed by atoms with Crippen molar-refractivity contribution in [2.45, 2.75) is 31.7 Å². The maximum Gasteiger partial charge on any atom is 0.123 e. The molecule has 1 aliphatic rings. The van der Waals surface area contributed by atoms with Crippen LogP contribution in [0.25, 0.3) is 0 Å². The van der Waals surface area contributed by atoms with Crippen LogP contribution in [0.4, 0.5) is 4.39 Å². The van der Waals surface area contributed by atoms with Crippen LogP contribution >= 0.6 is 0 Å². The Morgan fingerprint density at radius 2 is 2.38 bits per heavy atom. The van der Waals surface area contributed by atoms with Gasteiger partial charge in [0.25, 0.3) is 0 Å². The van der Waals surface area contributed by atoms with E-state index in [4.69, 9.17) is 4.74 Å². The molecule has 1 N–H and O–H groups in total. The fourth-order valence-corrected chi connectivity index (χ4v) is 2.28. The zero-order valence-electron chi connectivity index (χ0n) is 9.63. The van der Waals surface area contributed by atoms with Gasteiger partial charge in [-0.25, -0.2) is 4.39 Å². The van der Waals surface area contributed by atoms with Crippen LogP contribution in [-0.2, 0) is 6.42 Å². The first kappa shape index (κ1) is 11.4. The Balaban J connectivity index is 1.98. The van der Waals surface area contributed by atoms with Gasteiger partial charge in [0, 0.05) is 6.04 Å². The van der Waals surface area contributed by atoms with Gasteiger partial charge in [-0.15, -0.1) is 0 Å². The van der Waals surface area contributed by atoms with Gasteiger partial charge in [0.2, 0.25) is 0 Å². The summed E-state index contributed by atoms with van der Waals surface area (Å²) in [4.78, 5) is 0. The fourth-order valence-electron chi connectivity index (χ4n) is 2.28. The molecule has 88 valence electrons. The SMILES string of the molecule is COc1ccc(F)cc1CCC1CCCN1. The number of aryl methyl sites for hydroxylation is 1. The van der Waals surface area contributed by atoms with E-state index in [-0.39, 0.29) is 5.82 Å². The molecule has 1 aromatic rings. The molecule has 0 bridgehead atoms. The summed E-state index contributed by atoms with van der Waals surface area (Å²) in [5, 5.41) is 3.44. The third kappa shape index (κ3) is 2.73. The molecule has 0 spiro atoms. The highest BCUT2D eigenvalue weighted by molar-refractivity contribution is 5.34. The number of nitrogens with one attached hydrogen (secondary N) is 1. The lowest BCUT2D eigenvalue weighted by molar-refractivity contribution is 0.406. The van der Waals surface area contributed by atoms with Crippen LogP contribution in [0, 0.1) is 5.82 Å². The van der Waals surface area contributed by atoms with Gasteiger partial charge in [0.05, 0.1) is 7.11 Å². The number of methoxy groups -OCH3 is 1. The van der Waals surface area contributed by atoms with Crippen LogP contribution < -0.4 is 10.1 Å². The van der Waals surface area contributed by atoms with Gasteiger partial charge in [0.15, 0.2) is 0 Å². The molecule has 16 heavy (non-hydrogen) atoms.